The van der Waals surface area contributed by atoms with E-state index in [4.69, 9.17) is 11.5 Å². The van der Waals surface area contributed by atoms with Crippen LogP contribution in [0.2, 0.25) is 0 Å². The van der Waals surface area contributed by atoms with Gasteiger partial charge in [0.15, 0.2) is 0 Å². The molecule has 1 aliphatic carbocycles. The van der Waals surface area contributed by atoms with Gasteiger partial charge >= 0.3 is 0 Å². The lowest BCUT2D eigenvalue weighted by atomic mass is 9.76. The van der Waals surface area contributed by atoms with Gasteiger partial charge in [-0.3, -0.25) is 14.5 Å². The van der Waals surface area contributed by atoms with Crippen LogP contribution in [0.1, 0.15) is 38.5 Å². The molecule has 1 saturated carbocycles. The van der Waals surface area contributed by atoms with Crippen molar-refractivity contribution in [2.24, 2.45) is 5.41 Å². The number of piperidine rings is 1. The number of anilines is 3. The summed E-state index contributed by atoms with van der Waals surface area (Å²) in [4.78, 5) is 26.1. The summed E-state index contributed by atoms with van der Waals surface area (Å²) < 4.78 is 0. The molecule has 2 amide bonds. The van der Waals surface area contributed by atoms with Crippen molar-refractivity contribution in [3.63, 3.8) is 0 Å². The quantitative estimate of drug-likeness (QED) is 0.605. The Bertz CT molecular complexity index is 536. The van der Waals surface area contributed by atoms with Gasteiger partial charge in [-0.1, -0.05) is 12.8 Å². The van der Waals surface area contributed by atoms with Gasteiger partial charge in [-0.2, -0.15) is 0 Å². The van der Waals surface area contributed by atoms with E-state index in [1.165, 1.54) is 4.90 Å². The average molecular weight is 273 g/mol. The van der Waals surface area contributed by atoms with E-state index < -0.39 is 0 Å². The lowest BCUT2D eigenvalue weighted by Crippen LogP contribution is -2.47. The van der Waals surface area contributed by atoms with E-state index in [0.717, 1.165) is 25.7 Å². The zero-order valence-electron chi connectivity index (χ0n) is 11.4. The van der Waals surface area contributed by atoms with Crippen LogP contribution in [0.4, 0.5) is 17.1 Å². The summed E-state index contributed by atoms with van der Waals surface area (Å²) >= 11 is 0. The Kier molecular flexibility index (Phi) is 2.92. The van der Waals surface area contributed by atoms with Crippen LogP contribution in [0.15, 0.2) is 18.2 Å². The maximum atomic E-state index is 12.4. The van der Waals surface area contributed by atoms with Crippen LogP contribution in [0.5, 0.6) is 0 Å². The van der Waals surface area contributed by atoms with Crippen molar-refractivity contribution in [3.8, 4) is 0 Å². The summed E-state index contributed by atoms with van der Waals surface area (Å²) in [5.74, 6) is -0.263. The van der Waals surface area contributed by atoms with E-state index in [1.54, 1.807) is 18.2 Å². The highest BCUT2D eigenvalue weighted by Gasteiger charge is 2.45. The monoisotopic (exact) mass is 273 g/mol. The predicted molar refractivity (Wildman–Crippen MR) is 77.9 cm³/mol. The molecule has 5 nitrogen and oxygen atoms in total. The summed E-state index contributed by atoms with van der Waals surface area (Å²) in [5.41, 5.74) is 12.8. The number of imide groups is 1. The fraction of sp³-hybridized carbons (Fsp3) is 0.467. The minimum absolute atomic E-state index is 0.0868. The maximum Gasteiger partial charge on any atom is 0.234 e. The minimum atomic E-state index is -0.131. The van der Waals surface area contributed by atoms with Gasteiger partial charge in [0.05, 0.1) is 5.69 Å². The molecule has 0 bridgehead atoms. The van der Waals surface area contributed by atoms with Crippen molar-refractivity contribution in [2.45, 2.75) is 38.5 Å². The number of hydrogen-bond acceptors (Lipinski definition) is 4. The summed E-state index contributed by atoms with van der Waals surface area (Å²) in [5, 5.41) is 0. The second-order valence-electron chi connectivity index (χ2n) is 6.04. The standard InChI is InChI=1S/C15H19N3O2/c16-10-5-11(17)7-12(6-10)18-13(19)8-15(9-14(18)20)3-1-2-4-15/h5-7H,1-4,8-9,16-17H2. The Morgan fingerprint density at radius 3 is 1.90 bits per heavy atom. The highest BCUT2D eigenvalue weighted by Crippen LogP contribution is 2.47. The van der Waals surface area contributed by atoms with Gasteiger partial charge < -0.3 is 11.5 Å². The van der Waals surface area contributed by atoms with Crippen molar-refractivity contribution in [1.82, 2.24) is 0 Å². The normalized spacial score (nSPS) is 21.7. The van der Waals surface area contributed by atoms with Crippen molar-refractivity contribution in [2.75, 3.05) is 16.4 Å². The number of nitrogen functional groups attached to an aromatic ring is 2. The van der Waals surface area contributed by atoms with Gasteiger partial charge in [0, 0.05) is 24.2 Å². The number of rotatable bonds is 1. The van der Waals surface area contributed by atoms with E-state index in [1.807, 2.05) is 0 Å². The number of benzene rings is 1. The van der Waals surface area contributed by atoms with Gasteiger partial charge in [0.2, 0.25) is 11.8 Å². The van der Waals surface area contributed by atoms with Gasteiger partial charge in [-0.15, -0.1) is 0 Å². The summed E-state index contributed by atoms with van der Waals surface area (Å²) in [7, 11) is 0. The Labute approximate surface area is 117 Å². The van der Waals surface area contributed by atoms with Crippen molar-refractivity contribution < 1.29 is 9.59 Å². The van der Waals surface area contributed by atoms with E-state index in [2.05, 4.69) is 0 Å². The van der Waals surface area contributed by atoms with Crippen molar-refractivity contribution in [1.29, 1.82) is 0 Å². The van der Waals surface area contributed by atoms with Crippen LogP contribution >= 0.6 is 0 Å². The number of amides is 2. The molecule has 1 aromatic carbocycles. The number of hydrogen-bond donors (Lipinski definition) is 2. The summed E-state index contributed by atoms with van der Waals surface area (Å²) in [6, 6.07) is 4.86. The third-order valence-corrected chi connectivity index (χ3v) is 4.44. The zero-order valence-corrected chi connectivity index (χ0v) is 11.4. The van der Waals surface area contributed by atoms with E-state index in [-0.39, 0.29) is 17.2 Å². The molecule has 0 atom stereocenters. The first-order chi connectivity index (χ1) is 9.49. The third-order valence-electron chi connectivity index (χ3n) is 4.44. The Balaban J connectivity index is 1.91. The van der Waals surface area contributed by atoms with Crippen LogP contribution in [0.25, 0.3) is 0 Å². The molecule has 2 aliphatic rings. The highest BCUT2D eigenvalue weighted by molar-refractivity contribution is 6.17. The van der Waals surface area contributed by atoms with Crippen LogP contribution in [-0.2, 0) is 9.59 Å². The molecule has 0 radical (unpaired) electrons. The number of carbonyl (C=O) groups is 2. The van der Waals surface area contributed by atoms with Crippen LogP contribution in [0.3, 0.4) is 0 Å². The predicted octanol–water partition coefficient (Wildman–Crippen LogP) is 2.06. The molecule has 1 heterocycles. The minimum Gasteiger partial charge on any atom is -0.399 e. The third kappa shape index (κ3) is 2.13. The topological polar surface area (TPSA) is 89.4 Å². The van der Waals surface area contributed by atoms with E-state index in [0.29, 0.717) is 29.9 Å². The lowest BCUT2D eigenvalue weighted by Gasteiger charge is -2.37. The van der Waals surface area contributed by atoms with E-state index >= 15 is 0 Å². The Morgan fingerprint density at radius 2 is 1.40 bits per heavy atom. The number of nitrogens with two attached hydrogens (primary N) is 2. The fourth-order valence-electron chi connectivity index (χ4n) is 3.56. The van der Waals surface area contributed by atoms with Crippen molar-refractivity contribution >= 4 is 28.9 Å². The number of carbonyl (C=O) groups excluding carboxylic acids is 2. The molecule has 0 unspecified atom stereocenters. The molecule has 3 rings (SSSR count). The molecule has 5 heteroatoms. The maximum absolute atomic E-state index is 12.4. The smallest absolute Gasteiger partial charge is 0.234 e. The Hall–Kier alpha value is -2.04. The SMILES string of the molecule is Nc1cc(N)cc(N2C(=O)CC3(CCCC3)CC2=O)c1. The molecule has 106 valence electrons. The van der Waals surface area contributed by atoms with Crippen LogP contribution in [0, 0.1) is 5.41 Å². The molecule has 0 aromatic heterocycles. The molecule has 1 aliphatic heterocycles. The van der Waals surface area contributed by atoms with Gasteiger partial charge in [0.25, 0.3) is 0 Å². The first-order valence-corrected chi connectivity index (χ1v) is 7.01. The fourth-order valence-corrected chi connectivity index (χ4v) is 3.56. The zero-order chi connectivity index (χ0) is 14.3. The molecule has 4 N–H and O–H groups in total. The first kappa shape index (κ1) is 13.0. The van der Waals surface area contributed by atoms with Crippen LogP contribution < -0.4 is 16.4 Å². The van der Waals surface area contributed by atoms with Gasteiger partial charge in [-0.25, -0.2) is 0 Å². The van der Waals surface area contributed by atoms with Gasteiger partial charge in [-0.05, 0) is 36.5 Å². The van der Waals surface area contributed by atoms with E-state index in [9.17, 15) is 9.59 Å². The molecule has 1 aromatic rings. The largest absolute Gasteiger partial charge is 0.399 e. The lowest BCUT2D eigenvalue weighted by molar-refractivity contribution is -0.133. The molecule has 1 saturated heterocycles. The highest BCUT2D eigenvalue weighted by atomic mass is 16.2. The molecule has 1 spiro atoms. The second-order valence-corrected chi connectivity index (χ2v) is 6.04. The van der Waals surface area contributed by atoms with Crippen molar-refractivity contribution in [3.05, 3.63) is 18.2 Å². The average Bonchev–Trinajstić information content (AvgIpc) is 2.74. The molecular formula is C15H19N3O2. The first-order valence-electron chi connectivity index (χ1n) is 7.01. The summed E-state index contributed by atoms with van der Waals surface area (Å²) in [6.07, 6.45) is 5.10. The Morgan fingerprint density at radius 1 is 0.900 bits per heavy atom. The molecule has 2 fully saturated rings. The molecule has 20 heavy (non-hydrogen) atoms. The second kappa shape index (κ2) is 4.51. The van der Waals surface area contributed by atoms with Gasteiger partial charge in [0.1, 0.15) is 0 Å². The van der Waals surface area contributed by atoms with Crippen LogP contribution in [-0.4, -0.2) is 11.8 Å². The molecular weight excluding hydrogens is 254 g/mol. The summed E-state index contributed by atoms with van der Waals surface area (Å²) in [6.45, 7) is 0. The number of nitrogens with zero attached hydrogens (tertiary/aromatic N) is 1.